The standard InChI is InChI=1S/C19H15N3O3S/c20-26(23,24)15-7-5-13(6-8-15)19-16(17-12-21-9-10-22-17)11-14-3-1-2-4-18(14)25-19/h1-10,12H,11H2,(H2,20,23,24). The monoisotopic (exact) mass is 365 g/mol. The van der Waals surface area contributed by atoms with Crippen molar-refractivity contribution in [2.45, 2.75) is 11.3 Å². The first-order valence-corrected chi connectivity index (χ1v) is 9.45. The van der Waals surface area contributed by atoms with Crippen LogP contribution < -0.4 is 9.88 Å². The lowest BCUT2D eigenvalue weighted by Crippen LogP contribution is -2.13. The first-order valence-electron chi connectivity index (χ1n) is 7.91. The van der Waals surface area contributed by atoms with Gasteiger partial charge in [0.2, 0.25) is 10.0 Å². The largest absolute Gasteiger partial charge is 0.456 e. The summed E-state index contributed by atoms with van der Waals surface area (Å²) >= 11 is 0. The van der Waals surface area contributed by atoms with E-state index in [9.17, 15) is 8.42 Å². The molecule has 0 aliphatic carbocycles. The van der Waals surface area contributed by atoms with Crippen LogP contribution in [0.2, 0.25) is 0 Å². The molecule has 0 amide bonds. The molecule has 130 valence electrons. The fraction of sp³-hybridized carbons (Fsp3) is 0.0526. The minimum absolute atomic E-state index is 0.0547. The molecule has 1 aliphatic rings. The van der Waals surface area contributed by atoms with Crippen molar-refractivity contribution in [3.63, 3.8) is 0 Å². The van der Waals surface area contributed by atoms with Crippen LogP contribution in [0.25, 0.3) is 11.3 Å². The molecule has 0 bridgehead atoms. The van der Waals surface area contributed by atoms with E-state index in [1.54, 1.807) is 30.7 Å². The Hall–Kier alpha value is -3.03. The van der Waals surface area contributed by atoms with Crippen LogP contribution in [-0.4, -0.2) is 18.4 Å². The van der Waals surface area contributed by atoms with Crippen LogP contribution in [0.3, 0.4) is 0 Å². The highest BCUT2D eigenvalue weighted by Crippen LogP contribution is 2.38. The molecular weight excluding hydrogens is 350 g/mol. The smallest absolute Gasteiger partial charge is 0.238 e. The van der Waals surface area contributed by atoms with E-state index in [0.717, 1.165) is 22.4 Å². The summed E-state index contributed by atoms with van der Waals surface area (Å²) in [4.78, 5) is 8.59. The van der Waals surface area contributed by atoms with E-state index in [1.165, 1.54) is 12.1 Å². The first kappa shape index (κ1) is 16.4. The van der Waals surface area contributed by atoms with E-state index in [2.05, 4.69) is 9.97 Å². The third-order valence-corrected chi connectivity index (χ3v) is 5.07. The van der Waals surface area contributed by atoms with Gasteiger partial charge in [0.1, 0.15) is 11.5 Å². The van der Waals surface area contributed by atoms with Crippen molar-refractivity contribution in [1.29, 1.82) is 0 Å². The van der Waals surface area contributed by atoms with E-state index in [4.69, 9.17) is 9.88 Å². The van der Waals surface area contributed by atoms with E-state index < -0.39 is 10.0 Å². The maximum absolute atomic E-state index is 11.5. The number of sulfonamides is 1. The zero-order chi connectivity index (χ0) is 18.1. The number of ether oxygens (including phenoxy) is 1. The molecule has 6 nitrogen and oxygen atoms in total. The van der Waals surface area contributed by atoms with Crippen molar-refractivity contribution in [1.82, 2.24) is 9.97 Å². The van der Waals surface area contributed by atoms with Gasteiger partial charge in [-0.1, -0.05) is 18.2 Å². The highest BCUT2D eigenvalue weighted by atomic mass is 32.2. The van der Waals surface area contributed by atoms with E-state index in [-0.39, 0.29) is 4.90 Å². The topological polar surface area (TPSA) is 95.2 Å². The van der Waals surface area contributed by atoms with Crippen LogP contribution >= 0.6 is 0 Å². The zero-order valence-corrected chi connectivity index (χ0v) is 14.5. The second kappa shape index (κ2) is 6.36. The molecular formula is C19H15N3O3S. The summed E-state index contributed by atoms with van der Waals surface area (Å²) in [6.07, 6.45) is 5.57. The Morgan fingerprint density at radius 1 is 1.00 bits per heavy atom. The number of rotatable bonds is 3. The van der Waals surface area contributed by atoms with Crippen LogP contribution in [0.4, 0.5) is 0 Å². The minimum atomic E-state index is -3.74. The van der Waals surface area contributed by atoms with Crippen LogP contribution in [0.5, 0.6) is 5.75 Å². The zero-order valence-electron chi connectivity index (χ0n) is 13.7. The Balaban J connectivity index is 1.85. The normalized spacial score (nSPS) is 13.9. The van der Waals surface area contributed by atoms with Crippen LogP contribution in [0.1, 0.15) is 16.8 Å². The molecule has 3 aromatic rings. The lowest BCUT2D eigenvalue weighted by molar-refractivity contribution is 0.501. The second-order valence-corrected chi connectivity index (χ2v) is 7.42. The minimum Gasteiger partial charge on any atom is -0.456 e. The van der Waals surface area contributed by atoms with Crippen molar-refractivity contribution in [3.8, 4) is 5.75 Å². The van der Waals surface area contributed by atoms with Crippen LogP contribution in [0.15, 0.2) is 72.0 Å². The molecule has 26 heavy (non-hydrogen) atoms. The van der Waals surface area contributed by atoms with E-state index in [1.807, 2.05) is 24.3 Å². The summed E-state index contributed by atoms with van der Waals surface area (Å²) in [7, 11) is -3.74. The van der Waals surface area contributed by atoms with Crippen LogP contribution in [0, 0.1) is 0 Å². The molecule has 0 spiro atoms. The number of primary sulfonamides is 1. The third kappa shape index (κ3) is 3.10. The average Bonchev–Trinajstić information content (AvgIpc) is 2.67. The van der Waals surface area contributed by atoms with Gasteiger partial charge in [-0.15, -0.1) is 0 Å². The highest BCUT2D eigenvalue weighted by Gasteiger charge is 2.23. The average molecular weight is 365 g/mol. The molecule has 0 unspecified atom stereocenters. The van der Waals surface area contributed by atoms with Crippen molar-refractivity contribution >= 4 is 21.4 Å². The maximum atomic E-state index is 11.5. The summed E-state index contributed by atoms with van der Waals surface area (Å²) in [6, 6.07) is 14.1. The van der Waals surface area contributed by atoms with Crippen molar-refractivity contribution in [2.75, 3.05) is 0 Å². The highest BCUT2D eigenvalue weighted by molar-refractivity contribution is 7.89. The van der Waals surface area contributed by atoms with Gasteiger partial charge in [-0.3, -0.25) is 9.97 Å². The number of benzene rings is 2. The molecule has 0 atom stereocenters. The first-order chi connectivity index (χ1) is 12.5. The molecule has 1 aromatic heterocycles. The van der Waals surface area contributed by atoms with Gasteiger partial charge >= 0.3 is 0 Å². The number of fused-ring (bicyclic) bond motifs is 1. The summed E-state index contributed by atoms with van der Waals surface area (Å²) in [5, 5.41) is 5.18. The number of para-hydroxylation sites is 1. The number of aromatic nitrogens is 2. The molecule has 7 heteroatoms. The fourth-order valence-electron chi connectivity index (χ4n) is 2.88. The quantitative estimate of drug-likeness (QED) is 0.770. The van der Waals surface area contributed by atoms with Gasteiger partial charge in [0.25, 0.3) is 0 Å². The van der Waals surface area contributed by atoms with Gasteiger partial charge in [0.05, 0.1) is 16.8 Å². The molecule has 2 N–H and O–H groups in total. The Bertz CT molecular complexity index is 1090. The summed E-state index contributed by atoms with van der Waals surface area (Å²) in [6.45, 7) is 0. The molecule has 1 aliphatic heterocycles. The third-order valence-electron chi connectivity index (χ3n) is 4.14. The van der Waals surface area contributed by atoms with Crippen molar-refractivity contribution in [2.24, 2.45) is 5.14 Å². The Labute approximate surface area is 151 Å². The van der Waals surface area contributed by atoms with Gasteiger partial charge in [-0.2, -0.15) is 0 Å². The number of nitrogens with zero attached hydrogens (tertiary/aromatic N) is 2. The number of nitrogens with two attached hydrogens (primary N) is 1. The number of hydrogen-bond donors (Lipinski definition) is 1. The molecule has 0 saturated carbocycles. The number of hydrogen-bond acceptors (Lipinski definition) is 5. The Morgan fingerprint density at radius 2 is 1.77 bits per heavy atom. The predicted molar refractivity (Wildman–Crippen MR) is 97.4 cm³/mol. The lowest BCUT2D eigenvalue weighted by Gasteiger charge is -2.23. The summed E-state index contributed by atoms with van der Waals surface area (Å²) in [5.41, 5.74) is 3.40. The van der Waals surface area contributed by atoms with Gasteiger partial charge in [-0.05, 0) is 35.9 Å². The molecule has 0 radical (unpaired) electrons. The van der Waals surface area contributed by atoms with Crippen molar-refractivity contribution < 1.29 is 13.2 Å². The maximum Gasteiger partial charge on any atom is 0.238 e. The SMILES string of the molecule is NS(=O)(=O)c1ccc(C2=C(c3cnccn3)Cc3ccccc3O2)cc1. The predicted octanol–water partition coefficient (Wildman–Crippen LogP) is 2.63. The summed E-state index contributed by atoms with van der Waals surface area (Å²) < 4.78 is 29.1. The van der Waals surface area contributed by atoms with Gasteiger partial charge in [-0.25, -0.2) is 13.6 Å². The van der Waals surface area contributed by atoms with E-state index >= 15 is 0 Å². The van der Waals surface area contributed by atoms with Crippen LogP contribution in [-0.2, 0) is 16.4 Å². The lowest BCUT2D eigenvalue weighted by atomic mass is 9.95. The Morgan fingerprint density at radius 3 is 2.46 bits per heavy atom. The second-order valence-electron chi connectivity index (χ2n) is 5.85. The molecule has 2 heterocycles. The molecule has 0 fully saturated rings. The number of allylic oxidation sites excluding steroid dienone is 1. The molecule has 0 saturated heterocycles. The van der Waals surface area contributed by atoms with E-state index in [0.29, 0.717) is 17.9 Å². The van der Waals surface area contributed by atoms with Gasteiger partial charge in [0.15, 0.2) is 0 Å². The van der Waals surface area contributed by atoms with Gasteiger partial charge in [0, 0.05) is 30.0 Å². The molecule has 2 aromatic carbocycles. The summed E-state index contributed by atoms with van der Waals surface area (Å²) in [5.74, 6) is 1.40. The molecule has 4 rings (SSSR count). The van der Waals surface area contributed by atoms with Crippen molar-refractivity contribution in [3.05, 3.63) is 83.9 Å². The Kier molecular flexibility index (Phi) is 4.02. The van der Waals surface area contributed by atoms with Gasteiger partial charge < -0.3 is 4.74 Å². The fourth-order valence-corrected chi connectivity index (χ4v) is 3.40.